The Balaban J connectivity index is 1.79. The molecule has 2 aromatic carbocycles. The molecule has 0 fully saturated rings. The Labute approximate surface area is 167 Å². The van der Waals surface area contributed by atoms with E-state index in [2.05, 4.69) is 15.4 Å². The van der Waals surface area contributed by atoms with E-state index in [0.29, 0.717) is 17.1 Å². The van der Waals surface area contributed by atoms with E-state index in [4.69, 9.17) is 11.6 Å². The van der Waals surface area contributed by atoms with Gasteiger partial charge in [-0.25, -0.2) is 4.79 Å². The van der Waals surface area contributed by atoms with Crippen LogP contribution >= 0.6 is 11.6 Å². The van der Waals surface area contributed by atoms with Crippen molar-refractivity contribution < 1.29 is 22.7 Å². The summed E-state index contributed by atoms with van der Waals surface area (Å²) in [6.07, 6.45) is -3.61. The molecule has 0 aliphatic carbocycles. The highest BCUT2D eigenvalue weighted by Gasteiger charge is 2.27. The van der Waals surface area contributed by atoms with Gasteiger partial charge in [-0.2, -0.15) is 13.2 Å². The summed E-state index contributed by atoms with van der Waals surface area (Å²) in [5, 5.41) is 6.31. The zero-order chi connectivity index (χ0) is 20.6. The number of hydrogen-bond donors (Lipinski definition) is 2. The molecule has 1 unspecified atom stereocenters. The Bertz CT molecular complexity index is 750. The molecule has 2 rings (SSSR count). The van der Waals surface area contributed by atoms with E-state index < -0.39 is 12.8 Å². The maximum absolute atomic E-state index is 12.2. The van der Waals surface area contributed by atoms with Gasteiger partial charge in [-0.3, -0.25) is 0 Å². The third-order valence-electron chi connectivity index (χ3n) is 4.00. The van der Waals surface area contributed by atoms with E-state index in [1.165, 1.54) is 0 Å². The zero-order valence-corrected chi connectivity index (χ0v) is 16.1. The van der Waals surface area contributed by atoms with Crippen molar-refractivity contribution in [1.82, 2.24) is 10.6 Å². The average Bonchev–Trinajstić information content (AvgIpc) is 2.65. The van der Waals surface area contributed by atoms with E-state index in [9.17, 15) is 18.0 Å². The van der Waals surface area contributed by atoms with Gasteiger partial charge in [-0.1, -0.05) is 54.9 Å². The first-order valence-electron chi connectivity index (χ1n) is 8.79. The number of alkyl halides is 3. The fourth-order valence-electron chi connectivity index (χ4n) is 2.55. The highest BCUT2D eigenvalue weighted by atomic mass is 35.5. The molecule has 0 spiro atoms. The van der Waals surface area contributed by atoms with Gasteiger partial charge in [0.1, 0.15) is 6.61 Å². The van der Waals surface area contributed by atoms with Gasteiger partial charge >= 0.3 is 12.2 Å². The van der Waals surface area contributed by atoms with E-state index in [-0.39, 0.29) is 18.7 Å². The molecule has 4 nitrogen and oxygen atoms in total. The van der Waals surface area contributed by atoms with Gasteiger partial charge in [0.25, 0.3) is 0 Å². The standard InChI is InChI=1S/C20H22ClF3N2O2/c1-2-18(16-7-9-17(21)10-8-16)26-19(27)25-11-14-3-5-15(6-4-14)12-28-13-20(22,23)24/h3-10,18H,2,11-13H2,1H3,(H2,25,26,27). The van der Waals surface area contributed by atoms with Crippen molar-refractivity contribution in [2.45, 2.75) is 38.7 Å². The second kappa shape index (κ2) is 10.3. The normalized spacial score (nSPS) is 12.5. The summed E-state index contributed by atoms with van der Waals surface area (Å²) >= 11 is 5.88. The lowest BCUT2D eigenvalue weighted by Crippen LogP contribution is -2.37. The number of halogens is 4. The van der Waals surface area contributed by atoms with Gasteiger partial charge in [0, 0.05) is 11.6 Å². The Kier molecular flexibility index (Phi) is 8.14. The molecule has 2 N–H and O–H groups in total. The average molecular weight is 415 g/mol. The topological polar surface area (TPSA) is 50.4 Å². The highest BCUT2D eigenvalue weighted by molar-refractivity contribution is 6.30. The second-order valence-electron chi connectivity index (χ2n) is 6.26. The van der Waals surface area contributed by atoms with Gasteiger partial charge in [0.15, 0.2) is 0 Å². The van der Waals surface area contributed by atoms with E-state index in [1.54, 1.807) is 36.4 Å². The molecule has 0 aliphatic heterocycles. The van der Waals surface area contributed by atoms with E-state index in [1.807, 2.05) is 19.1 Å². The van der Waals surface area contributed by atoms with Crippen molar-refractivity contribution >= 4 is 17.6 Å². The molecule has 0 heterocycles. The number of hydrogen-bond acceptors (Lipinski definition) is 2. The van der Waals surface area contributed by atoms with Crippen LogP contribution in [0.25, 0.3) is 0 Å². The van der Waals surface area contributed by atoms with Crippen LogP contribution in [0.15, 0.2) is 48.5 Å². The summed E-state index contributed by atoms with van der Waals surface area (Å²) in [6.45, 7) is 0.876. The lowest BCUT2D eigenvalue weighted by molar-refractivity contribution is -0.176. The van der Waals surface area contributed by atoms with Crippen molar-refractivity contribution in [3.63, 3.8) is 0 Å². The molecule has 0 saturated heterocycles. The molecule has 28 heavy (non-hydrogen) atoms. The lowest BCUT2D eigenvalue weighted by atomic mass is 10.1. The molecule has 0 radical (unpaired) electrons. The zero-order valence-electron chi connectivity index (χ0n) is 15.4. The fourth-order valence-corrected chi connectivity index (χ4v) is 2.67. The van der Waals surface area contributed by atoms with Crippen LogP contribution in [0.3, 0.4) is 0 Å². The molecular weight excluding hydrogens is 393 g/mol. The van der Waals surface area contributed by atoms with Crippen LogP contribution in [0, 0.1) is 0 Å². The number of urea groups is 1. The predicted octanol–water partition coefficient (Wildman–Crippen LogP) is 5.37. The van der Waals surface area contributed by atoms with Gasteiger partial charge < -0.3 is 15.4 Å². The SMILES string of the molecule is CCC(NC(=O)NCc1ccc(COCC(F)(F)F)cc1)c1ccc(Cl)cc1. The van der Waals surface area contributed by atoms with Crippen LogP contribution in [0.2, 0.25) is 5.02 Å². The smallest absolute Gasteiger partial charge is 0.367 e. The first-order valence-corrected chi connectivity index (χ1v) is 9.17. The summed E-state index contributed by atoms with van der Waals surface area (Å²) < 4.78 is 40.8. The lowest BCUT2D eigenvalue weighted by Gasteiger charge is -2.18. The highest BCUT2D eigenvalue weighted by Crippen LogP contribution is 2.19. The van der Waals surface area contributed by atoms with Crippen LogP contribution in [0.5, 0.6) is 0 Å². The number of benzene rings is 2. The van der Waals surface area contributed by atoms with Crippen molar-refractivity contribution in [3.8, 4) is 0 Å². The number of amides is 2. The first-order chi connectivity index (χ1) is 13.3. The second-order valence-corrected chi connectivity index (χ2v) is 6.70. The number of nitrogens with one attached hydrogen (secondary N) is 2. The first kappa shape index (κ1) is 22.0. The fraction of sp³-hybridized carbons (Fsp3) is 0.350. The van der Waals surface area contributed by atoms with Crippen LogP contribution in [0.4, 0.5) is 18.0 Å². The van der Waals surface area contributed by atoms with Crippen LogP contribution < -0.4 is 10.6 Å². The van der Waals surface area contributed by atoms with E-state index in [0.717, 1.165) is 17.5 Å². The van der Waals surface area contributed by atoms with Crippen molar-refractivity contribution in [3.05, 3.63) is 70.2 Å². The van der Waals surface area contributed by atoms with Crippen molar-refractivity contribution in [2.24, 2.45) is 0 Å². The summed E-state index contributed by atoms with van der Waals surface area (Å²) in [5.41, 5.74) is 2.42. The van der Waals surface area contributed by atoms with Crippen molar-refractivity contribution in [2.75, 3.05) is 6.61 Å². The third-order valence-corrected chi connectivity index (χ3v) is 4.25. The Morgan fingerprint density at radius 2 is 1.68 bits per heavy atom. The molecular formula is C20H22ClF3N2O2. The third kappa shape index (κ3) is 7.78. The quantitative estimate of drug-likeness (QED) is 0.610. The minimum Gasteiger partial charge on any atom is -0.367 e. The van der Waals surface area contributed by atoms with Gasteiger partial charge in [-0.15, -0.1) is 0 Å². The molecule has 0 bridgehead atoms. The summed E-state index contributed by atoms with van der Waals surface area (Å²) in [4.78, 5) is 12.2. The minimum absolute atomic E-state index is 0.118. The molecule has 0 saturated carbocycles. The molecule has 1 atom stereocenters. The summed E-state index contributed by atoms with van der Waals surface area (Å²) in [6, 6.07) is 13.7. The Hall–Kier alpha value is -2.25. The maximum Gasteiger partial charge on any atom is 0.411 e. The number of carbonyl (C=O) groups is 1. The maximum atomic E-state index is 12.2. The Morgan fingerprint density at radius 1 is 1.07 bits per heavy atom. The molecule has 0 aliphatic rings. The van der Waals surface area contributed by atoms with Gasteiger partial charge in [0.05, 0.1) is 12.6 Å². The monoisotopic (exact) mass is 414 g/mol. The molecule has 152 valence electrons. The largest absolute Gasteiger partial charge is 0.411 e. The van der Waals surface area contributed by atoms with Crippen LogP contribution in [-0.4, -0.2) is 18.8 Å². The van der Waals surface area contributed by atoms with Crippen LogP contribution in [-0.2, 0) is 17.9 Å². The number of ether oxygens (including phenoxy) is 1. The molecule has 8 heteroatoms. The van der Waals surface area contributed by atoms with Gasteiger partial charge in [0.2, 0.25) is 0 Å². The Morgan fingerprint density at radius 3 is 2.25 bits per heavy atom. The molecule has 2 aromatic rings. The van der Waals surface area contributed by atoms with E-state index >= 15 is 0 Å². The number of rotatable bonds is 8. The van der Waals surface area contributed by atoms with Crippen molar-refractivity contribution in [1.29, 1.82) is 0 Å². The van der Waals surface area contributed by atoms with Gasteiger partial charge in [-0.05, 0) is 35.2 Å². The number of carbonyl (C=O) groups excluding carboxylic acids is 1. The predicted molar refractivity (Wildman–Crippen MR) is 102 cm³/mol. The molecule has 2 amide bonds. The summed E-state index contributed by atoms with van der Waals surface area (Å²) in [7, 11) is 0. The van der Waals surface area contributed by atoms with Crippen LogP contribution in [0.1, 0.15) is 36.1 Å². The minimum atomic E-state index is -4.33. The molecule has 0 aromatic heterocycles. The summed E-state index contributed by atoms with van der Waals surface area (Å²) in [5.74, 6) is 0.